The molecule has 3 rings (SSSR count). The minimum absolute atomic E-state index is 0.100. The summed E-state index contributed by atoms with van der Waals surface area (Å²) in [6, 6.07) is 9.89. The molecule has 0 aromatic heterocycles. The van der Waals surface area contributed by atoms with Crippen LogP contribution in [0.5, 0.6) is 0 Å². The Morgan fingerprint density at radius 1 is 1.14 bits per heavy atom. The summed E-state index contributed by atoms with van der Waals surface area (Å²) >= 11 is 0. The normalized spacial score (nSPS) is 16.0. The van der Waals surface area contributed by atoms with Gasteiger partial charge in [-0.15, -0.1) is 0 Å². The number of likely N-dealkylation sites (N-methyl/N-ethyl adjacent to an activating group) is 1. The van der Waals surface area contributed by atoms with Gasteiger partial charge in [0.1, 0.15) is 11.5 Å². The summed E-state index contributed by atoms with van der Waals surface area (Å²) in [5, 5.41) is 11.6. The summed E-state index contributed by atoms with van der Waals surface area (Å²) < 4.78 is 40.6. The molecule has 2 aromatic carbocycles. The maximum atomic E-state index is 13.4. The van der Waals surface area contributed by atoms with E-state index >= 15 is 0 Å². The molecule has 2 aromatic rings. The van der Waals surface area contributed by atoms with Gasteiger partial charge in [0, 0.05) is 45.8 Å². The van der Waals surface area contributed by atoms with Gasteiger partial charge in [0.2, 0.25) is 10.0 Å². The van der Waals surface area contributed by atoms with E-state index in [-0.39, 0.29) is 28.6 Å². The monoisotopic (exact) mass is 422 g/mol. The Hall–Kier alpha value is -2.56. The molecule has 0 radical (unpaired) electrons. The Morgan fingerprint density at radius 3 is 2.45 bits per heavy atom. The number of sulfonamides is 1. The average molecular weight is 422 g/mol. The third-order valence-corrected chi connectivity index (χ3v) is 6.86. The summed E-state index contributed by atoms with van der Waals surface area (Å²) in [4.78, 5) is 14.6. The summed E-state index contributed by atoms with van der Waals surface area (Å²) in [5.74, 6) is -0.390. The topological polar surface area (TPSA) is 87.0 Å². The van der Waals surface area contributed by atoms with E-state index in [0.29, 0.717) is 31.7 Å². The van der Waals surface area contributed by atoms with Crippen LogP contribution in [-0.4, -0.2) is 62.8 Å². The second kappa shape index (κ2) is 8.44. The molecule has 0 atom stereocenters. The predicted molar refractivity (Wildman–Crippen MR) is 108 cm³/mol. The minimum atomic E-state index is -3.81. The first kappa shape index (κ1) is 21.2. The second-order valence-corrected chi connectivity index (χ2v) is 9.04. The van der Waals surface area contributed by atoms with Crippen LogP contribution in [-0.2, 0) is 16.6 Å². The van der Waals surface area contributed by atoms with Crippen LogP contribution in [0.1, 0.15) is 5.56 Å². The number of halogens is 1. The number of hydrogen-bond donors (Lipinski definition) is 0. The highest BCUT2D eigenvalue weighted by molar-refractivity contribution is 7.89. The van der Waals surface area contributed by atoms with Gasteiger partial charge in [0.15, 0.2) is 0 Å². The van der Waals surface area contributed by atoms with Crippen molar-refractivity contribution < 1.29 is 17.7 Å². The Balaban J connectivity index is 1.90. The van der Waals surface area contributed by atoms with Gasteiger partial charge in [-0.3, -0.25) is 10.1 Å². The first-order chi connectivity index (χ1) is 13.7. The zero-order chi connectivity index (χ0) is 21.2. The van der Waals surface area contributed by atoms with Gasteiger partial charge in [0.25, 0.3) is 5.69 Å². The SMILES string of the molecule is CN1CCN(S(=O)(=O)c2ccc(N(C)Cc3cccc(F)c3)c([N+](=O)[O-])c2)CC1. The fourth-order valence-electron chi connectivity index (χ4n) is 3.30. The van der Waals surface area contributed by atoms with Crippen molar-refractivity contribution in [1.82, 2.24) is 9.21 Å². The minimum Gasteiger partial charge on any atom is -0.365 e. The molecular weight excluding hydrogens is 399 g/mol. The van der Waals surface area contributed by atoms with E-state index in [4.69, 9.17) is 0 Å². The molecule has 1 fully saturated rings. The summed E-state index contributed by atoms with van der Waals surface area (Å²) in [6.45, 7) is 2.14. The van der Waals surface area contributed by atoms with Gasteiger partial charge in [-0.1, -0.05) is 12.1 Å². The highest BCUT2D eigenvalue weighted by Gasteiger charge is 2.30. The van der Waals surface area contributed by atoms with Crippen LogP contribution < -0.4 is 4.90 Å². The molecule has 0 N–H and O–H groups in total. The standard InChI is InChI=1S/C19H23FN4O4S/c1-21-8-10-23(11-9-21)29(27,28)17-6-7-18(19(13-17)24(25)26)22(2)14-15-4-3-5-16(20)12-15/h3-7,12-13H,8-11,14H2,1-2H3. The number of piperazine rings is 1. The molecule has 0 bridgehead atoms. The maximum Gasteiger partial charge on any atom is 0.293 e. The van der Waals surface area contributed by atoms with Crippen molar-refractivity contribution in [3.8, 4) is 0 Å². The molecule has 1 saturated heterocycles. The number of nitro benzene ring substituents is 1. The molecular formula is C19H23FN4O4S. The number of hydrogen-bond acceptors (Lipinski definition) is 6. The van der Waals surface area contributed by atoms with E-state index in [2.05, 4.69) is 0 Å². The van der Waals surface area contributed by atoms with Crippen molar-refractivity contribution in [3.63, 3.8) is 0 Å². The third kappa shape index (κ3) is 4.72. The van der Waals surface area contributed by atoms with E-state index in [1.807, 2.05) is 11.9 Å². The molecule has 29 heavy (non-hydrogen) atoms. The van der Waals surface area contributed by atoms with Gasteiger partial charge in [-0.05, 0) is 36.9 Å². The number of nitro groups is 1. The van der Waals surface area contributed by atoms with E-state index in [0.717, 1.165) is 6.07 Å². The van der Waals surface area contributed by atoms with Crippen molar-refractivity contribution in [2.75, 3.05) is 45.2 Å². The Morgan fingerprint density at radius 2 is 1.83 bits per heavy atom. The van der Waals surface area contributed by atoms with Gasteiger partial charge in [-0.2, -0.15) is 4.31 Å². The van der Waals surface area contributed by atoms with E-state index < -0.39 is 14.9 Å². The van der Waals surface area contributed by atoms with E-state index in [1.54, 1.807) is 24.1 Å². The van der Waals surface area contributed by atoms with Gasteiger partial charge in [-0.25, -0.2) is 12.8 Å². The van der Waals surface area contributed by atoms with Crippen molar-refractivity contribution in [3.05, 3.63) is 64.0 Å². The van der Waals surface area contributed by atoms with E-state index in [9.17, 15) is 22.9 Å². The molecule has 0 amide bonds. The fraction of sp³-hybridized carbons (Fsp3) is 0.368. The van der Waals surface area contributed by atoms with Crippen LogP contribution in [0, 0.1) is 15.9 Å². The summed E-state index contributed by atoms with van der Waals surface area (Å²) in [5.41, 5.74) is 0.603. The van der Waals surface area contributed by atoms with Gasteiger partial charge in [0.05, 0.1) is 9.82 Å². The summed E-state index contributed by atoms with van der Waals surface area (Å²) in [7, 11) is -0.259. The number of benzene rings is 2. The lowest BCUT2D eigenvalue weighted by atomic mass is 10.2. The molecule has 1 heterocycles. The molecule has 0 aliphatic carbocycles. The Kier molecular flexibility index (Phi) is 6.15. The van der Waals surface area contributed by atoms with Crippen LogP contribution in [0.2, 0.25) is 0 Å². The molecule has 0 spiro atoms. The van der Waals surface area contributed by atoms with Gasteiger partial charge >= 0.3 is 0 Å². The zero-order valence-electron chi connectivity index (χ0n) is 16.3. The number of anilines is 1. The van der Waals surface area contributed by atoms with Crippen molar-refractivity contribution in [1.29, 1.82) is 0 Å². The Bertz CT molecular complexity index is 1010. The molecule has 0 saturated carbocycles. The maximum absolute atomic E-state index is 13.4. The van der Waals surface area contributed by atoms with Crippen LogP contribution in [0.4, 0.5) is 15.8 Å². The molecule has 8 nitrogen and oxygen atoms in total. The second-order valence-electron chi connectivity index (χ2n) is 7.10. The van der Waals surface area contributed by atoms with Gasteiger partial charge < -0.3 is 9.80 Å². The first-order valence-corrected chi connectivity index (χ1v) is 10.5. The molecule has 10 heteroatoms. The van der Waals surface area contributed by atoms with Crippen LogP contribution in [0.25, 0.3) is 0 Å². The predicted octanol–water partition coefficient (Wildman–Crippen LogP) is 2.31. The largest absolute Gasteiger partial charge is 0.365 e. The lowest BCUT2D eigenvalue weighted by molar-refractivity contribution is -0.384. The van der Waals surface area contributed by atoms with Crippen molar-refractivity contribution in [2.24, 2.45) is 0 Å². The molecule has 0 unspecified atom stereocenters. The Labute approximate surface area is 169 Å². The highest BCUT2D eigenvalue weighted by atomic mass is 32.2. The lowest BCUT2D eigenvalue weighted by Gasteiger charge is -2.31. The van der Waals surface area contributed by atoms with Crippen LogP contribution in [0.15, 0.2) is 47.4 Å². The smallest absolute Gasteiger partial charge is 0.293 e. The van der Waals surface area contributed by atoms with E-state index in [1.165, 1.54) is 28.6 Å². The van der Waals surface area contributed by atoms with Crippen molar-refractivity contribution in [2.45, 2.75) is 11.4 Å². The average Bonchev–Trinajstić information content (AvgIpc) is 2.67. The first-order valence-electron chi connectivity index (χ1n) is 9.11. The number of nitrogens with zero attached hydrogens (tertiary/aromatic N) is 4. The summed E-state index contributed by atoms with van der Waals surface area (Å²) in [6.07, 6.45) is 0. The quantitative estimate of drug-likeness (QED) is 0.525. The molecule has 1 aliphatic rings. The zero-order valence-corrected chi connectivity index (χ0v) is 17.1. The number of rotatable bonds is 6. The van der Waals surface area contributed by atoms with Crippen LogP contribution in [0.3, 0.4) is 0 Å². The lowest BCUT2D eigenvalue weighted by Crippen LogP contribution is -2.47. The molecule has 1 aliphatic heterocycles. The highest BCUT2D eigenvalue weighted by Crippen LogP contribution is 2.32. The fourth-order valence-corrected chi connectivity index (χ4v) is 4.75. The van der Waals surface area contributed by atoms with Crippen molar-refractivity contribution >= 4 is 21.4 Å². The third-order valence-electron chi connectivity index (χ3n) is 4.96. The van der Waals surface area contributed by atoms with Crippen LogP contribution >= 0.6 is 0 Å². The molecule has 156 valence electrons.